The van der Waals surface area contributed by atoms with E-state index < -0.39 is 11.8 Å². The lowest BCUT2D eigenvalue weighted by Crippen LogP contribution is -2.21. The molecule has 2 rings (SSSR count). The lowest BCUT2D eigenvalue weighted by atomic mass is 9.83. The van der Waals surface area contributed by atoms with E-state index >= 15 is 0 Å². The SMILES string of the molecule is CC1CCC(CNc2ccc(F)cc2C(=O)O)CC1. The van der Waals surface area contributed by atoms with Crippen LogP contribution in [0.4, 0.5) is 10.1 Å². The summed E-state index contributed by atoms with van der Waals surface area (Å²) in [7, 11) is 0. The van der Waals surface area contributed by atoms with E-state index in [-0.39, 0.29) is 5.56 Å². The van der Waals surface area contributed by atoms with Gasteiger partial charge in [0.05, 0.1) is 5.56 Å². The average molecular weight is 265 g/mol. The van der Waals surface area contributed by atoms with Gasteiger partial charge in [-0.05, 0) is 42.9 Å². The molecule has 2 N–H and O–H groups in total. The number of aromatic carboxylic acids is 1. The van der Waals surface area contributed by atoms with Crippen LogP contribution >= 0.6 is 0 Å². The number of halogens is 1. The summed E-state index contributed by atoms with van der Waals surface area (Å²) in [5.74, 6) is -0.228. The number of carbonyl (C=O) groups is 1. The summed E-state index contributed by atoms with van der Waals surface area (Å²) in [4.78, 5) is 11.1. The molecule has 1 aromatic carbocycles. The molecule has 1 aliphatic rings. The molecule has 104 valence electrons. The molecule has 4 heteroatoms. The van der Waals surface area contributed by atoms with E-state index in [1.807, 2.05) is 0 Å². The Labute approximate surface area is 112 Å². The molecular weight excluding hydrogens is 245 g/mol. The molecule has 0 bridgehead atoms. The molecule has 1 aliphatic carbocycles. The highest BCUT2D eigenvalue weighted by atomic mass is 19.1. The standard InChI is InChI=1S/C15H20FNO2/c1-10-2-4-11(5-3-10)9-17-14-7-6-12(16)8-13(14)15(18)19/h6-8,10-11,17H,2-5,9H2,1H3,(H,18,19). The fraction of sp³-hybridized carbons (Fsp3) is 0.533. The van der Waals surface area contributed by atoms with Crippen molar-refractivity contribution in [2.75, 3.05) is 11.9 Å². The van der Waals surface area contributed by atoms with Gasteiger partial charge in [0.2, 0.25) is 0 Å². The Bertz CT molecular complexity index is 453. The average Bonchev–Trinajstić information content (AvgIpc) is 2.39. The first kappa shape index (κ1) is 13.8. The van der Waals surface area contributed by atoms with Crippen LogP contribution in [-0.2, 0) is 0 Å². The number of anilines is 1. The van der Waals surface area contributed by atoms with Crippen molar-refractivity contribution >= 4 is 11.7 Å². The molecule has 0 atom stereocenters. The molecule has 1 fully saturated rings. The fourth-order valence-electron chi connectivity index (χ4n) is 2.64. The van der Waals surface area contributed by atoms with Gasteiger partial charge in [0.15, 0.2) is 0 Å². The molecule has 3 nitrogen and oxygen atoms in total. The number of carboxylic acids is 1. The topological polar surface area (TPSA) is 49.3 Å². The van der Waals surface area contributed by atoms with Gasteiger partial charge in [0, 0.05) is 12.2 Å². The lowest BCUT2D eigenvalue weighted by Gasteiger charge is -2.26. The lowest BCUT2D eigenvalue weighted by molar-refractivity contribution is 0.0697. The zero-order valence-corrected chi connectivity index (χ0v) is 11.2. The zero-order chi connectivity index (χ0) is 13.8. The minimum atomic E-state index is -1.10. The molecule has 0 amide bonds. The third-order valence-corrected chi connectivity index (χ3v) is 3.93. The van der Waals surface area contributed by atoms with Gasteiger partial charge < -0.3 is 10.4 Å². The molecule has 1 saturated carbocycles. The quantitative estimate of drug-likeness (QED) is 0.871. The largest absolute Gasteiger partial charge is 0.478 e. The Kier molecular flexibility index (Phi) is 4.40. The van der Waals surface area contributed by atoms with Gasteiger partial charge >= 0.3 is 5.97 Å². The van der Waals surface area contributed by atoms with Gasteiger partial charge in [-0.15, -0.1) is 0 Å². The summed E-state index contributed by atoms with van der Waals surface area (Å²) in [5, 5.41) is 12.2. The molecular formula is C15H20FNO2. The Hall–Kier alpha value is -1.58. The highest BCUT2D eigenvalue weighted by molar-refractivity contribution is 5.94. The maximum Gasteiger partial charge on any atom is 0.337 e. The van der Waals surface area contributed by atoms with Crippen molar-refractivity contribution in [1.29, 1.82) is 0 Å². The van der Waals surface area contributed by atoms with Crippen molar-refractivity contribution in [1.82, 2.24) is 0 Å². The van der Waals surface area contributed by atoms with Crippen molar-refractivity contribution in [3.05, 3.63) is 29.6 Å². The van der Waals surface area contributed by atoms with Crippen molar-refractivity contribution in [2.45, 2.75) is 32.6 Å². The predicted molar refractivity (Wildman–Crippen MR) is 73.0 cm³/mol. The summed E-state index contributed by atoms with van der Waals surface area (Å²) in [6.07, 6.45) is 4.83. The minimum Gasteiger partial charge on any atom is -0.478 e. The second-order valence-corrected chi connectivity index (χ2v) is 5.50. The van der Waals surface area contributed by atoms with Gasteiger partial charge in [-0.1, -0.05) is 19.8 Å². The van der Waals surface area contributed by atoms with Crippen molar-refractivity contribution in [3.63, 3.8) is 0 Å². The monoisotopic (exact) mass is 265 g/mol. The van der Waals surface area contributed by atoms with Crippen LogP contribution in [0.15, 0.2) is 18.2 Å². The summed E-state index contributed by atoms with van der Waals surface area (Å²) in [6.45, 7) is 3.03. The number of hydrogen-bond donors (Lipinski definition) is 2. The van der Waals surface area contributed by atoms with Crippen LogP contribution in [-0.4, -0.2) is 17.6 Å². The summed E-state index contributed by atoms with van der Waals surface area (Å²) in [5.41, 5.74) is 0.511. The van der Waals surface area contributed by atoms with Crippen LogP contribution in [0.3, 0.4) is 0 Å². The smallest absolute Gasteiger partial charge is 0.337 e. The summed E-state index contributed by atoms with van der Waals surface area (Å²) < 4.78 is 13.1. The normalized spacial score (nSPS) is 23.1. The molecule has 0 aliphatic heterocycles. The molecule has 0 unspecified atom stereocenters. The Morgan fingerprint density at radius 3 is 2.68 bits per heavy atom. The first-order valence-corrected chi connectivity index (χ1v) is 6.83. The van der Waals surface area contributed by atoms with E-state index in [1.54, 1.807) is 0 Å². The van der Waals surface area contributed by atoms with Crippen LogP contribution < -0.4 is 5.32 Å². The van der Waals surface area contributed by atoms with E-state index in [9.17, 15) is 9.18 Å². The maximum atomic E-state index is 13.1. The van der Waals surface area contributed by atoms with Gasteiger partial charge in [-0.25, -0.2) is 9.18 Å². The van der Waals surface area contributed by atoms with E-state index in [1.165, 1.54) is 37.8 Å². The molecule has 0 saturated heterocycles. The zero-order valence-electron chi connectivity index (χ0n) is 11.2. The number of carboxylic acid groups (broad SMARTS) is 1. The summed E-state index contributed by atoms with van der Waals surface area (Å²) >= 11 is 0. The Balaban J connectivity index is 1.97. The van der Waals surface area contributed by atoms with Gasteiger partial charge in [-0.2, -0.15) is 0 Å². The molecule has 0 radical (unpaired) electrons. The second kappa shape index (κ2) is 6.04. The number of benzene rings is 1. The predicted octanol–water partition coefficient (Wildman–Crippen LogP) is 3.76. The van der Waals surface area contributed by atoms with Crippen molar-refractivity contribution < 1.29 is 14.3 Å². The highest BCUT2D eigenvalue weighted by Gasteiger charge is 2.19. The van der Waals surface area contributed by atoms with Crippen LogP contribution in [0.25, 0.3) is 0 Å². The third-order valence-electron chi connectivity index (χ3n) is 3.93. The van der Waals surface area contributed by atoms with E-state index in [2.05, 4.69) is 12.2 Å². The van der Waals surface area contributed by atoms with Crippen LogP contribution in [0, 0.1) is 17.7 Å². The highest BCUT2D eigenvalue weighted by Crippen LogP contribution is 2.28. The van der Waals surface area contributed by atoms with Crippen LogP contribution in [0.1, 0.15) is 43.0 Å². The van der Waals surface area contributed by atoms with Crippen LogP contribution in [0.5, 0.6) is 0 Å². The first-order chi connectivity index (χ1) is 9.06. The maximum absolute atomic E-state index is 13.1. The third kappa shape index (κ3) is 3.69. The van der Waals surface area contributed by atoms with Gasteiger partial charge in [-0.3, -0.25) is 0 Å². The number of rotatable bonds is 4. The Morgan fingerprint density at radius 1 is 1.37 bits per heavy atom. The first-order valence-electron chi connectivity index (χ1n) is 6.83. The molecule has 1 aromatic rings. The van der Waals surface area contributed by atoms with Gasteiger partial charge in [0.25, 0.3) is 0 Å². The number of hydrogen-bond acceptors (Lipinski definition) is 2. The van der Waals surface area contributed by atoms with E-state index in [0.717, 1.165) is 18.5 Å². The Morgan fingerprint density at radius 2 is 2.05 bits per heavy atom. The molecule has 0 spiro atoms. The fourth-order valence-corrected chi connectivity index (χ4v) is 2.64. The van der Waals surface area contributed by atoms with Crippen molar-refractivity contribution in [3.8, 4) is 0 Å². The molecule has 0 aromatic heterocycles. The molecule has 0 heterocycles. The van der Waals surface area contributed by atoms with E-state index in [4.69, 9.17) is 5.11 Å². The van der Waals surface area contributed by atoms with Gasteiger partial charge in [0.1, 0.15) is 5.82 Å². The van der Waals surface area contributed by atoms with Crippen LogP contribution in [0.2, 0.25) is 0 Å². The van der Waals surface area contributed by atoms with E-state index in [0.29, 0.717) is 11.6 Å². The molecule has 19 heavy (non-hydrogen) atoms. The summed E-state index contributed by atoms with van der Waals surface area (Å²) in [6, 6.07) is 3.86. The van der Waals surface area contributed by atoms with Crippen molar-refractivity contribution in [2.24, 2.45) is 11.8 Å². The minimum absolute atomic E-state index is 0.00387. The number of nitrogens with one attached hydrogen (secondary N) is 1. The second-order valence-electron chi connectivity index (χ2n) is 5.50.